The maximum absolute atomic E-state index is 6.14. The van der Waals surface area contributed by atoms with Gasteiger partial charge in [0.15, 0.2) is 0 Å². The standard InChI is InChI=1S/C14H25NOS/c1-2-12(3-7-15-6-1)13-4-8-16-14(10-13)5-9-17-11-14/h12-13,15H,1-11H2. The molecule has 2 nitrogen and oxygen atoms in total. The van der Waals surface area contributed by atoms with Crippen LogP contribution >= 0.6 is 11.8 Å². The van der Waals surface area contributed by atoms with Crippen LogP contribution in [-0.2, 0) is 4.74 Å². The first kappa shape index (κ1) is 12.3. The van der Waals surface area contributed by atoms with Crippen LogP contribution in [0.15, 0.2) is 0 Å². The normalized spacial score (nSPS) is 43.8. The Kier molecular flexibility index (Phi) is 3.98. The summed E-state index contributed by atoms with van der Waals surface area (Å²) in [5, 5.41) is 3.54. The Bertz CT molecular complexity index is 245. The van der Waals surface area contributed by atoms with Crippen LogP contribution < -0.4 is 5.32 Å². The second kappa shape index (κ2) is 5.50. The van der Waals surface area contributed by atoms with E-state index in [0.29, 0.717) is 0 Å². The fourth-order valence-electron chi connectivity index (χ4n) is 3.85. The van der Waals surface area contributed by atoms with Crippen molar-refractivity contribution in [1.29, 1.82) is 0 Å². The van der Waals surface area contributed by atoms with Gasteiger partial charge in [-0.25, -0.2) is 0 Å². The van der Waals surface area contributed by atoms with E-state index in [1.807, 2.05) is 0 Å². The summed E-state index contributed by atoms with van der Waals surface area (Å²) >= 11 is 2.09. The van der Waals surface area contributed by atoms with E-state index in [9.17, 15) is 0 Å². The lowest BCUT2D eigenvalue weighted by molar-refractivity contribution is -0.0899. The van der Waals surface area contributed by atoms with Gasteiger partial charge in [0.2, 0.25) is 0 Å². The fraction of sp³-hybridized carbons (Fsp3) is 1.00. The van der Waals surface area contributed by atoms with Crippen molar-refractivity contribution in [2.24, 2.45) is 11.8 Å². The van der Waals surface area contributed by atoms with Gasteiger partial charge >= 0.3 is 0 Å². The Hall–Kier alpha value is 0.270. The topological polar surface area (TPSA) is 21.3 Å². The number of thioether (sulfide) groups is 1. The molecule has 3 fully saturated rings. The fourth-order valence-corrected chi connectivity index (χ4v) is 5.23. The molecule has 3 rings (SSSR count). The van der Waals surface area contributed by atoms with Gasteiger partial charge in [-0.15, -0.1) is 0 Å². The van der Waals surface area contributed by atoms with Gasteiger partial charge < -0.3 is 10.1 Å². The van der Waals surface area contributed by atoms with Gasteiger partial charge in [-0.1, -0.05) is 0 Å². The maximum Gasteiger partial charge on any atom is 0.0783 e. The van der Waals surface area contributed by atoms with Crippen LogP contribution in [0.4, 0.5) is 0 Å². The van der Waals surface area contributed by atoms with Crippen LogP contribution in [-0.4, -0.2) is 36.8 Å². The van der Waals surface area contributed by atoms with Gasteiger partial charge in [0, 0.05) is 12.4 Å². The van der Waals surface area contributed by atoms with Gasteiger partial charge in [0.25, 0.3) is 0 Å². The monoisotopic (exact) mass is 255 g/mol. The third-order valence-corrected chi connectivity index (χ3v) is 6.11. The Morgan fingerprint density at radius 3 is 3.00 bits per heavy atom. The van der Waals surface area contributed by atoms with Crippen molar-refractivity contribution in [1.82, 2.24) is 5.32 Å². The number of hydrogen-bond acceptors (Lipinski definition) is 3. The highest BCUT2D eigenvalue weighted by Gasteiger charge is 2.42. The van der Waals surface area contributed by atoms with Crippen LogP contribution in [0.1, 0.15) is 38.5 Å². The second-order valence-corrected chi connectivity index (χ2v) is 7.13. The average molecular weight is 255 g/mol. The van der Waals surface area contributed by atoms with Crippen molar-refractivity contribution in [3.63, 3.8) is 0 Å². The molecule has 0 radical (unpaired) electrons. The molecular formula is C14H25NOS. The molecule has 0 aromatic heterocycles. The summed E-state index contributed by atoms with van der Waals surface area (Å²) in [5.41, 5.74) is 0.285. The van der Waals surface area contributed by atoms with Crippen molar-refractivity contribution in [2.75, 3.05) is 31.2 Å². The van der Waals surface area contributed by atoms with E-state index in [0.717, 1.165) is 18.4 Å². The molecule has 98 valence electrons. The zero-order valence-electron chi connectivity index (χ0n) is 10.7. The van der Waals surface area contributed by atoms with Crippen LogP contribution in [0, 0.1) is 11.8 Å². The van der Waals surface area contributed by atoms with Gasteiger partial charge in [-0.05, 0) is 69.2 Å². The Labute approximate surface area is 109 Å². The van der Waals surface area contributed by atoms with Gasteiger partial charge in [0.1, 0.15) is 0 Å². The van der Waals surface area contributed by atoms with E-state index >= 15 is 0 Å². The first-order valence-corrected chi connectivity index (χ1v) is 8.46. The molecule has 0 saturated carbocycles. The highest BCUT2D eigenvalue weighted by atomic mass is 32.2. The lowest BCUT2D eigenvalue weighted by Gasteiger charge is -2.40. The predicted octanol–water partition coefficient (Wildman–Crippen LogP) is 2.68. The van der Waals surface area contributed by atoms with Crippen molar-refractivity contribution in [2.45, 2.75) is 44.1 Å². The van der Waals surface area contributed by atoms with E-state index in [2.05, 4.69) is 17.1 Å². The summed E-state index contributed by atoms with van der Waals surface area (Å²) in [5.74, 6) is 4.49. The zero-order valence-corrected chi connectivity index (χ0v) is 11.6. The molecule has 0 aliphatic carbocycles. The SMILES string of the molecule is C1CNCCC(C2CCOC3(CCSC3)C2)C1. The van der Waals surface area contributed by atoms with Crippen LogP contribution in [0.2, 0.25) is 0 Å². The quantitative estimate of drug-likeness (QED) is 0.778. The van der Waals surface area contributed by atoms with Crippen molar-refractivity contribution in [3.8, 4) is 0 Å². The van der Waals surface area contributed by atoms with Crippen LogP contribution in [0.3, 0.4) is 0 Å². The van der Waals surface area contributed by atoms with Gasteiger partial charge in [-0.2, -0.15) is 11.8 Å². The van der Waals surface area contributed by atoms with Crippen molar-refractivity contribution in [3.05, 3.63) is 0 Å². The van der Waals surface area contributed by atoms with Crippen molar-refractivity contribution >= 4 is 11.8 Å². The molecule has 0 bridgehead atoms. The summed E-state index contributed by atoms with van der Waals surface area (Å²) in [6.45, 7) is 3.50. The third kappa shape index (κ3) is 2.82. The molecule has 0 aromatic carbocycles. The minimum atomic E-state index is 0.285. The number of ether oxygens (including phenoxy) is 1. The Morgan fingerprint density at radius 2 is 2.12 bits per heavy atom. The Balaban J connectivity index is 1.62. The maximum atomic E-state index is 6.14. The summed E-state index contributed by atoms with van der Waals surface area (Å²) in [6, 6.07) is 0. The third-order valence-electron chi connectivity index (χ3n) is 4.89. The summed E-state index contributed by atoms with van der Waals surface area (Å²) in [6.07, 6.45) is 8.19. The van der Waals surface area contributed by atoms with Gasteiger partial charge in [-0.3, -0.25) is 0 Å². The number of nitrogens with one attached hydrogen (secondary N) is 1. The van der Waals surface area contributed by atoms with Crippen molar-refractivity contribution < 1.29 is 4.74 Å². The minimum Gasteiger partial charge on any atom is -0.374 e. The average Bonchev–Trinajstić information content (AvgIpc) is 2.66. The Morgan fingerprint density at radius 1 is 1.12 bits per heavy atom. The number of hydrogen-bond donors (Lipinski definition) is 1. The molecular weight excluding hydrogens is 230 g/mol. The molecule has 3 heterocycles. The molecule has 3 unspecified atom stereocenters. The second-order valence-electron chi connectivity index (χ2n) is 6.03. The van der Waals surface area contributed by atoms with E-state index < -0.39 is 0 Å². The molecule has 17 heavy (non-hydrogen) atoms. The summed E-state index contributed by atoms with van der Waals surface area (Å²) < 4.78 is 6.14. The smallest absolute Gasteiger partial charge is 0.0783 e. The van der Waals surface area contributed by atoms with Crippen LogP contribution in [0.5, 0.6) is 0 Å². The molecule has 3 heteroatoms. The number of rotatable bonds is 1. The minimum absolute atomic E-state index is 0.285. The molecule has 0 aromatic rings. The highest BCUT2D eigenvalue weighted by molar-refractivity contribution is 7.99. The lowest BCUT2D eigenvalue weighted by atomic mass is 9.75. The molecule has 3 saturated heterocycles. The van der Waals surface area contributed by atoms with Gasteiger partial charge in [0.05, 0.1) is 5.60 Å². The van der Waals surface area contributed by atoms with E-state index in [1.165, 1.54) is 63.1 Å². The highest BCUT2D eigenvalue weighted by Crippen LogP contribution is 2.44. The van der Waals surface area contributed by atoms with Crippen LogP contribution in [0.25, 0.3) is 0 Å². The summed E-state index contributed by atoms with van der Waals surface area (Å²) in [4.78, 5) is 0. The van der Waals surface area contributed by atoms with E-state index in [-0.39, 0.29) is 5.60 Å². The molecule has 1 N–H and O–H groups in total. The molecule has 3 aliphatic heterocycles. The largest absolute Gasteiger partial charge is 0.374 e. The molecule has 1 spiro atoms. The molecule has 3 atom stereocenters. The first-order chi connectivity index (χ1) is 8.38. The summed E-state index contributed by atoms with van der Waals surface area (Å²) in [7, 11) is 0. The van der Waals surface area contributed by atoms with E-state index in [4.69, 9.17) is 4.74 Å². The molecule has 3 aliphatic rings. The lowest BCUT2D eigenvalue weighted by Crippen LogP contribution is -2.42. The predicted molar refractivity (Wildman–Crippen MR) is 73.6 cm³/mol. The molecule has 0 amide bonds. The van der Waals surface area contributed by atoms with E-state index in [1.54, 1.807) is 0 Å². The first-order valence-electron chi connectivity index (χ1n) is 7.30. The zero-order chi connectivity index (χ0) is 11.6.